The fraction of sp³-hybridized carbons (Fsp3) is 0.350. The molecule has 1 aromatic heterocycles. The number of carbonyl (C=O) groups excluding carboxylic acids is 1. The zero-order valence-corrected chi connectivity index (χ0v) is 29.7. The van der Waals surface area contributed by atoms with Gasteiger partial charge < -0.3 is 19.5 Å². The number of imidazole rings is 1. The number of carbonyl (C=O) groups is 1. The van der Waals surface area contributed by atoms with Gasteiger partial charge in [0.25, 0.3) is 10.1 Å². The second-order valence-electron chi connectivity index (χ2n) is 13.9. The lowest BCUT2D eigenvalue weighted by atomic mass is 9.77. The second kappa shape index (κ2) is 15.4. The predicted molar refractivity (Wildman–Crippen MR) is 196 cm³/mol. The molecule has 9 nitrogen and oxygen atoms in total. The Bertz CT molecular complexity index is 2020. The number of fused-ring (bicyclic) bond motifs is 1. The van der Waals surface area contributed by atoms with Crippen molar-refractivity contribution in [2.45, 2.75) is 50.8 Å². The lowest BCUT2D eigenvalue weighted by Gasteiger charge is -2.39. The number of hydrogen-bond donors (Lipinski definition) is 2. The van der Waals surface area contributed by atoms with Gasteiger partial charge in [0.2, 0.25) is 5.91 Å². The minimum absolute atomic E-state index is 0.253. The van der Waals surface area contributed by atoms with Crippen LogP contribution >= 0.6 is 0 Å². The van der Waals surface area contributed by atoms with Gasteiger partial charge in [-0.1, -0.05) is 84.9 Å². The molecule has 4 aromatic carbocycles. The van der Waals surface area contributed by atoms with E-state index in [-0.39, 0.29) is 11.7 Å². The minimum Gasteiger partial charge on any atom is -0.382 e. The lowest BCUT2D eigenvalue weighted by Crippen LogP contribution is -2.46. The van der Waals surface area contributed by atoms with Crippen LogP contribution in [0, 0.1) is 11.2 Å². The van der Waals surface area contributed by atoms with E-state index in [1.54, 1.807) is 12.1 Å². The highest BCUT2D eigenvalue weighted by atomic mass is 32.2. The van der Waals surface area contributed by atoms with E-state index in [1.165, 1.54) is 17.7 Å². The van der Waals surface area contributed by atoms with Crippen LogP contribution in [0.15, 0.2) is 109 Å². The van der Waals surface area contributed by atoms with Crippen molar-refractivity contribution in [3.8, 4) is 0 Å². The van der Waals surface area contributed by atoms with Gasteiger partial charge in [-0.25, -0.2) is 9.37 Å². The number of benzene rings is 4. The first-order valence-corrected chi connectivity index (χ1v) is 19.2. The Morgan fingerprint density at radius 3 is 1.98 bits per heavy atom. The Morgan fingerprint density at radius 1 is 0.765 bits per heavy atom. The highest BCUT2D eigenvalue weighted by molar-refractivity contribution is 7.85. The van der Waals surface area contributed by atoms with Crippen molar-refractivity contribution in [1.82, 2.24) is 19.4 Å². The lowest BCUT2D eigenvalue weighted by molar-refractivity contribution is -0.137. The summed E-state index contributed by atoms with van der Waals surface area (Å²) >= 11 is 0. The summed E-state index contributed by atoms with van der Waals surface area (Å²) in [6.45, 7) is 4.17. The average Bonchev–Trinajstić information content (AvgIpc) is 3.63. The highest BCUT2D eigenvalue weighted by Crippen LogP contribution is 2.41. The van der Waals surface area contributed by atoms with Crippen LogP contribution in [0.5, 0.6) is 0 Å². The van der Waals surface area contributed by atoms with Gasteiger partial charge in [0.05, 0.1) is 22.7 Å². The molecule has 1 amide bonds. The number of aliphatic hydroxyl groups is 1. The van der Waals surface area contributed by atoms with E-state index < -0.39 is 21.1 Å². The number of nitrogens with zero attached hydrogens (tertiary/aromatic N) is 4. The number of piperidine rings is 1. The molecule has 0 radical (unpaired) electrons. The van der Waals surface area contributed by atoms with Crippen LogP contribution < -0.4 is 0 Å². The monoisotopic (exact) mass is 712 g/mol. The van der Waals surface area contributed by atoms with Crippen LogP contribution in [0.25, 0.3) is 11.0 Å². The first kappa shape index (κ1) is 36.4. The smallest absolute Gasteiger partial charge is 0.261 e. The molecule has 2 aliphatic rings. The molecular formula is C40H45FN4O5S. The van der Waals surface area contributed by atoms with Gasteiger partial charge in [-0.15, -0.1) is 0 Å². The summed E-state index contributed by atoms with van der Waals surface area (Å²) in [5, 5.41) is 12.1. The molecule has 0 aliphatic carbocycles. The first-order valence-electron chi connectivity index (χ1n) is 17.4. The third-order valence-corrected chi connectivity index (χ3v) is 10.1. The maximum atomic E-state index is 14.1. The number of rotatable bonds is 10. The summed E-state index contributed by atoms with van der Waals surface area (Å²) in [5.41, 5.74) is 3.61. The standard InChI is InChI=1S/C39H41FN4O2.CH4O3S/c40-33-17-15-32(16-18-33)29-44-35-14-8-7-13-34(35)41-36(44)39(46)21-24-42(25-22-39)23-19-38(27-30-9-3-1-4-10-30)20-26-43(37(38)45)28-31-11-5-2-6-12-31;1-5(2,3)4/h1-18,46H,19-29H2;1H3,(H,2,3,4). The second-order valence-corrected chi connectivity index (χ2v) is 15.4. The van der Waals surface area contributed by atoms with Crippen LogP contribution in [0.4, 0.5) is 4.39 Å². The summed E-state index contributed by atoms with van der Waals surface area (Å²) in [6, 6.07) is 35.1. The Kier molecular flexibility index (Phi) is 11.0. The van der Waals surface area contributed by atoms with Gasteiger partial charge >= 0.3 is 0 Å². The number of para-hydroxylation sites is 2. The zero-order chi connectivity index (χ0) is 36.1. The van der Waals surface area contributed by atoms with Crippen molar-refractivity contribution >= 4 is 27.1 Å². The molecule has 268 valence electrons. The maximum Gasteiger partial charge on any atom is 0.261 e. The van der Waals surface area contributed by atoms with Gasteiger partial charge in [-0.05, 0) is 79.6 Å². The molecule has 2 N–H and O–H groups in total. The molecule has 2 fully saturated rings. The number of halogens is 1. The van der Waals surface area contributed by atoms with Crippen LogP contribution in [-0.2, 0) is 40.0 Å². The quantitative estimate of drug-likeness (QED) is 0.169. The number of likely N-dealkylation sites (tertiary alicyclic amines) is 2. The fourth-order valence-corrected chi connectivity index (χ4v) is 7.42. The summed E-state index contributed by atoms with van der Waals surface area (Å²) in [4.78, 5) is 23.5. The molecule has 0 saturated carbocycles. The van der Waals surface area contributed by atoms with Crippen molar-refractivity contribution in [2.75, 3.05) is 32.4 Å². The topological polar surface area (TPSA) is 116 Å². The van der Waals surface area contributed by atoms with Gasteiger partial charge in [-0.3, -0.25) is 9.35 Å². The molecule has 3 heterocycles. The van der Waals surface area contributed by atoms with E-state index in [4.69, 9.17) is 9.54 Å². The van der Waals surface area contributed by atoms with Crippen LogP contribution in [0.3, 0.4) is 0 Å². The molecule has 51 heavy (non-hydrogen) atoms. The Morgan fingerprint density at radius 2 is 1.33 bits per heavy atom. The number of aromatic nitrogens is 2. The SMILES string of the molecule is CS(=O)(=O)O.O=C1N(Cc2ccccc2)CCC1(CCN1CCC(O)(c2nc3ccccc3n2Cc2ccc(F)cc2)CC1)Cc1ccccc1. The highest BCUT2D eigenvalue weighted by Gasteiger charge is 2.47. The molecule has 2 saturated heterocycles. The van der Waals surface area contributed by atoms with Crippen molar-refractivity contribution in [3.63, 3.8) is 0 Å². The fourth-order valence-electron chi connectivity index (χ4n) is 7.42. The Labute approximate surface area is 299 Å². The minimum atomic E-state index is -3.67. The van der Waals surface area contributed by atoms with Crippen molar-refractivity contribution < 1.29 is 27.3 Å². The summed E-state index contributed by atoms with van der Waals surface area (Å²) in [7, 11) is -3.67. The maximum absolute atomic E-state index is 14.1. The van der Waals surface area contributed by atoms with Gasteiger partial charge in [-0.2, -0.15) is 8.42 Å². The summed E-state index contributed by atoms with van der Waals surface area (Å²) < 4.78 is 41.6. The normalized spacial score (nSPS) is 19.2. The molecule has 7 rings (SSSR count). The third-order valence-electron chi connectivity index (χ3n) is 10.1. The van der Waals surface area contributed by atoms with Crippen LogP contribution in [0.2, 0.25) is 0 Å². The van der Waals surface area contributed by atoms with E-state index in [9.17, 15) is 22.7 Å². The van der Waals surface area contributed by atoms with E-state index in [0.717, 1.165) is 67.6 Å². The van der Waals surface area contributed by atoms with Crippen LogP contribution in [-0.4, -0.2) is 75.8 Å². The average molecular weight is 713 g/mol. The van der Waals surface area contributed by atoms with E-state index >= 15 is 0 Å². The van der Waals surface area contributed by atoms with Crippen molar-refractivity contribution in [1.29, 1.82) is 0 Å². The molecule has 2 aliphatic heterocycles. The van der Waals surface area contributed by atoms with Gasteiger partial charge in [0, 0.05) is 32.7 Å². The molecular weight excluding hydrogens is 668 g/mol. The van der Waals surface area contributed by atoms with E-state index in [2.05, 4.69) is 45.9 Å². The molecule has 5 aromatic rings. The molecule has 11 heteroatoms. The molecule has 0 spiro atoms. The third kappa shape index (κ3) is 9.09. The molecule has 0 bridgehead atoms. The first-order chi connectivity index (χ1) is 24.4. The van der Waals surface area contributed by atoms with Gasteiger partial charge in [0.1, 0.15) is 17.2 Å². The number of hydrogen-bond acceptors (Lipinski definition) is 6. The van der Waals surface area contributed by atoms with E-state index in [0.29, 0.717) is 38.0 Å². The summed E-state index contributed by atoms with van der Waals surface area (Å²) in [5.74, 6) is 0.656. The van der Waals surface area contributed by atoms with E-state index in [1.807, 2.05) is 53.4 Å². The number of amides is 1. The Hall–Kier alpha value is -4.42. The Balaban J connectivity index is 0.000000839. The predicted octanol–water partition coefficient (Wildman–Crippen LogP) is 6.06. The summed E-state index contributed by atoms with van der Waals surface area (Å²) in [6.07, 6.45) is 4.20. The molecule has 1 atom stereocenters. The van der Waals surface area contributed by atoms with Crippen molar-refractivity contribution in [2.24, 2.45) is 5.41 Å². The van der Waals surface area contributed by atoms with Gasteiger partial charge in [0.15, 0.2) is 0 Å². The zero-order valence-electron chi connectivity index (χ0n) is 28.9. The van der Waals surface area contributed by atoms with Crippen molar-refractivity contribution in [3.05, 3.63) is 138 Å². The van der Waals surface area contributed by atoms with Crippen LogP contribution in [0.1, 0.15) is 48.2 Å². The largest absolute Gasteiger partial charge is 0.382 e. The molecule has 1 unspecified atom stereocenters.